The first-order chi connectivity index (χ1) is 9.93. The van der Waals surface area contributed by atoms with Gasteiger partial charge in [-0.15, -0.1) is 0 Å². The number of ether oxygens (including phenoxy) is 1. The molecule has 2 fully saturated rings. The lowest BCUT2D eigenvalue weighted by molar-refractivity contribution is -0.144. The smallest absolute Gasteiger partial charge is 0.252 e. The molecule has 1 aliphatic heterocycles. The zero-order valence-corrected chi connectivity index (χ0v) is 11.7. The molecule has 0 N–H and O–H groups in total. The lowest BCUT2D eigenvalue weighted by Crippen LogP contribution is -2.53. The Labute approximate surface area is 120 Å². The SMILES string of the molecule is CC(=O)N1CC(OCc2nc(C3CCC(F)(F)C3)no2)C1. The maximum absolute atomic E-state index is 13.2. The third kappa shape index (κ3) is 3.20. The summed E-state index contributed by atoms with van der Waals surface area (Å²) in [5.41, 5.74) is 0. The van der Waals surface area contributed by atoms with Crippen LogP contribution in [0.25, 0.3) is 0 Å². The third-order valence-corrected chi connectivity index (χ3v) is 3.99. The zero-order chi connectivity index (χ0) is 15.0. The highest BCUT2D eigenvalue weighted by Gasteiger charge is 2.42. The number of hydrogen-bond acceptors (Lipinski definition) is 5. The fourth-order valence-corrected chi connectivity index (χ4v) is 2.65. The zero-order valence-electron chi connectivity index (χ0n) is 11.7. The van der Waals surface area contributed by atoms with Crippen molar-refractivity contribution in [2.75, 3.05) is 13.1 Å². The van der Waals surface area contributed by atoms with Gasteiger partial charge in [-0.3, -0.25) is 4.79 Å². The summed E-state index contributed by atoms with van der Waals surface area (Å²) >= 11 is 0. The van der Waals surface area contributed by atoms with E-state index >= 15 is 0 Å². The van der Waals surface area contributed by atoms with E-state index < -0.39 is 5.92 Å². The van der Waals surface area contributed by atoms with Crippen molar-refractivity contribution >= 4 is 5.91 Å². The normalized spacial score (nSPS) is 25.1. The van der Waals surface area contributed by atoms with Crippen molar-refractivity contribution in [3.63, 3.8) is 0 Å². The van der Waals surface area contributed by atoms with Crippen LogP contribution in [0.5, 0.6) is 0 Å². The van der Waals surface area contributed by atoms with Crippen molar-refractivity contribution < 1.29 is 22.8 Å². The molecule has 1 saturated carbocycles. The first-order valence-electron chi connectivity index (χ1n) is 7.00. The van der Waals surface area contributed by atoms with Gasteiger partial charge in [-0.05, 0) is 6.42 Å². The van der Waals surface area contributed by atoms with Crippen LogP contribution in [0.15, 0.2) is 4.52 Å². The molecule has 21 heavy (non-hydrogen) atoms. The Hall–Kier alpha value is -1.57. The second kappa shape index (κ2) is 5.32. The molecule has 0 radical (unpaired) electrons. The Kier molecular flexibility index (Phi) is 3.64. The maximum Gasteiger partial charge on any atom is 0.252 e. The van der Waals surface area contributed by atoms with E-state index in [9.17, 15) is 13.6 Å². The van der Waals surface area contributed by atoms with Crippen molar-refractivity contribution in [2.45, 2.75) is 50.7 Å². The van der Waals surface area contributed by atoms with Crippen LogP contribution in [-0.2, 0) is 16.1 Å². The Morgan fingerprint density at radius 1 is 1.52 bits per heavy atom. The van der Waals surface area contributed by atoms with E-state index in [1.807, 2.05) is 0 Å². The van der Waals surface area contributed by atoms with Gasteiger partial charge in [0.2, 0.25) is 11.8 Å². The predicted octanol–water partition coefficient (Wildman–Crippen LogP) is 1.72. The van der Waals surface area contributed by atoms with E-state index in [-0.39, 0.29) is 37.4 Å². The summed E-state index contributed by atoms with van der Waals surface area (Å²) in [6.07, 6.45) is 0.00705. The lowest BCUT2D eigenvalue weighted by Gasteiger charge is -2.37. The van der Waals surface area contributed by atoms with Gasteiger partial charge in [-0.2, -0.15) is 4.98 Å². The molecule has 1 amide bonds. The number of aromatic nitrogens is 2. The number of carbonyl (C=O) groups is 1. The second-order valence-electron chi connectivity index (χ2n) is 5.70. The molecule has 2 heterocycles. The minimum Gasteiger partial charge on any atom is -0.365 e. The molecule has 2 aliphatic rings. The number of alkyl halides is 2. The van der Waals surface area contributed by atoms with Crippen LogP contribution in [0, 0.1) is 0 Å². The van der Waals surface area contributed by atoms with Crippen LogP contribution in [0.4, 0.5) is 8.78 Å². The molecule has 1 aromatic heterocycles. The molecule has 0 spiro atoms. The van der Waals surface area contributed by atoms with Crippen molar-refractivity contribution in [3.05, 3.63) is 11.7 Å². The molecule has 116 valence electrons. The van der Waals surface area contributed by atoms with Crippen LogP contribution < -0.4 is 0 Å². The third-order valence-electron chi connectivity index (χ3n) is 3.99. The number of halogens is 2. The molecular weight excluding hydrogens is 284 g/mol. The molecule has 1 aliphatic carbocycles. The Morgan fingerprint density at radius 2 is 2.29 bits per heavy atom. The van der Waals surface area contributed by atoms with Crippen LogP contribution in [0.1, 0.15) is 43.8 Å². The van der Waals surface area contributed by atoms with Crippen LogP contribution in [0.2, 0.25) is 0 Å². The van der Waals surface area contributed by atoms with Gasteiger partial charge in [0, 0.05) is 38.8 Å². The van der Waals surface area contributed by atoms with E-state index in [0.29, 0.717) is 31.2 Å². The van der Waals surface area contributed by atoms with Gasteiger partial charge in [0.25, 0.3) is 5.89 Å². The van der Waals surface area contributed by atoms with E-state index in [0.717, 1.165) is 0 Å². The Morgan fingerprint density at radius 3 is 2.90 bits per heavy atom. The van der Waals surface area contributed by atoms with Gasteiger partial charge in [-0.25, -0.2) is 8.78 Å². The van der Waals surface area contributed by atoms with Gasteiger partial charge < -0.3 is 14.2 Å². The minimum atomic E-state index is -2.62. The molecule has 3 rings (SSSR count). The largest absolute Gasteiger partial charge is 0.365 e. The van der Waals surface area contributed by atoms with Crippen molar-refractivity contribution in [1.82, 2.24) is 15.0 Å². The fraction of sp³-hybridized carbons (Fsp3) is 0.769. The molecule has 6 nitrogen and oxygen atoms in total. The fourth-order valence-electron chi connectivity index (χ4n) is 2.65. The average molecular weight is 301 g/mol. The molecular formula is C13H17F2N3O3. The number of carbonyl (C=O) groups excluding carboxylic acids is 1. The van der Waals surface area contributed by atoms with Crippen molar-refractivity contribution in [2.24, 2.45) is 0 Å². The number of rotatable bonds is 4. The molecule has 0 bridgehead atoms. The van der Waals surface area contributed by atoms with Gasteiger partial charge in [-0.1, -0.05) is 5.16 Å². The van der Waals surface area contributed by atoms with E-state index in [1.165, 1.54) is 6.92 Å². The summed E-state index contributed by atoms with van der Waals surface area (Å²) in [4.78, 5) is 16.8. The standard InChI is InChI=1S/C13H17F2N3O3/c1-8(19)18-5-10(6-18)20-7-11-16-12(17-21-11)9-2-3-13(14,15)4-9/h9-10H,2-7H2,1H3. The van der Waals surface area contributed by atoms with Gasteiger partial charge in [0.15, 0.2) is 5.82 Å². The molecule has 1 atom stereocenters. The van der Waals surface area contributed by atoms with Gasteiger partial charge in [0.05, 0.1) is 6.10 Å². The minimum absolute atomic E-state index is 0.0251. The molecule has 1 saturated heterocycles. The lowest BCUT2D eigenvalue weighted by atomic mass is 10.1. The molecule has 0 aromatic carbocycles. The number of likely N-dealkylation sites (tertiary alicyclic amines) is 1. The quantitative estimate of drug-likeness (QED) is 0.847. The highest BCUT2D eigenvalue weighted by Crippen LogP contribution is 2.43. The van der Waals surface area contributed by atoms with E-state index in [2.05, 4.69) is 10.1 Å². The number of nitrogens with zero attached hydrogens (tertiary/aromatic N) is 3. The van der Waals surface area contributed by atoms with E-state index in [4.69, 9.17) is 9.26 Å². The van der Waals surface area contributed by atoms with Gasteiger partial charge in [0.1, 0.15) is 6.61 Å². The highest BCUT2D eigenvalue weighted by atomic mass is 19.3. The average Bonchev–Trinajstić information content (AvgIpc) is 2.93. The summed E-state index contributed by atoms with van der Waals surface area (Å²) in [6.45, 7) is 2.78. The molecule has 8 heteroatoms. The second-order valence-corrected chi connectivity index (χ2v) is 5.70. The van der Waals surface area contributed by atoms with Crippen LogP contribution in [0.3, 0.4) is 0 Å². The molecule has 1 aromatic rings. The topological polar surface area (TPSA) is 68.5 Å². The molecule has 1 unspecified atom stereocenters. The Bertz CT molecular complexity index is 528. The first kappa shape index (κ1) is 14.4. The predicted molar refractivity (Wildman–Crippen MR) is 66.7 cm³/mol. The summed E-state index contributed by atoms with van der Waals surface area (Å²) in [7, 11) is 0. The first-order valence-corrected chi connectivity index (χ1v) is 7.00. The maximum atomic E-state index is 13.2. The van der Waals surface area contributed by atoms with Crippen molar-refractivity contribution in [1.29, 1.82) is 0 Å². The van der Waals surface area contributed by atoms with Crippen LogP contribution >= 0.6 is 0 Å². The number of hydrogen-bond donors (Lipinski definition) is 0. The van der Waals surface area contributed by atoms with Crippen LogP contribution in [-0.4, -0.2) is 46.1 Å². The summed E-state index contributed by atoms with van der Waals surface area (Å²) in [6, 6.07) is 0. The van der Waals surface area contributed by atoms with Gasteiger partial charge >= 0.3 is 0 Å². The summed E-state index contributed by atoms with van der Waals surface area (Å²) in [5.74, 6) is -2.30. The van der Waals surface area contributed by atoms with E-state index in [1.54, 1.807) is 4.90 Å². The monoisotopic (exact) mass is 301 g/mol. The Balaban J connectivity index is 1.47. The summed E-state index contributed by atoms with van der Waals surface area (Å²) in [5, 5.41) is 3.76. The summed E-state index contributed by atoms with van der Waals surface area (Å²) < 4.78 is 36.9. The number of amides is 1. The van der Waals surface area contributed by atoms with Crippen molar-refractivity contribution in [3.8, 4) is 0 Å². The highest BCUT2D eigenvalue weighted by molar-refractivity contribution is 5.74.